The molecular formula is C10H12FNO3. The van der Waals surface area contributed by atoms with E-state index in [0.29, 0.717) is 22.6 Å². The maximum Gasteiger partial charge on any atom is 0.231 e. The molecule has 1 heterocycles. The molecule has 0 spiro atoms. The monoisotopic (exact) mass is 213 g/mol. The van der Waals surface area contributed by atoms with Crippen LogP contribution in [-0.4, -0.2) is 6.79 Å². The Balaban J connectivity index is 2.43. The lowest BCUT2D eigenvalue weighted by Crippen LogP contribution is -2.01. The molecule has 0 bridgehead atoms. The SMILES string of the molecule is CC(F)c1cc(CON)c2c(c1)OCO2. The van der Waals surface area contributed by atoms with E-state index in [1.54, 1.807) is 12.1 Å². The number of ether oxygens (including phenoxy) is 2. The minimum Gasteiger partial charge on any atom is -0.454 e. The molecule has 1 aliphatic heterocycles. The normalized spacial score (nSPS) is 15.4. The molecule has 1 aromatic carbocycles. The predicted molar refractivity (Wildman–Crippen MR) is 51.1 cm³/mol. The summed E-state index contributed by atoms with van der Waals surface area (Å²) < 4.78 is 23.6. The van der Waals surface area contributed by atoms with Gasteiger partial charge in [-0.25, -0.2) is 10.3 Å². The Hall–Kier alpha value is -1.33. The molecule has 0 saturated heterocycles. The summed E-state index contributed by atoms with van der Waals surface area (Å²) in [5.41, 5.74) is 1.23. The minimum absolute atomic E-state index is 0.150. The van der Waals surface area contributed by atoms with E-state index < -0.39 is 6.17 Å². The van der Waals surface area contributed by atoms with Gasteiger partial charge in [-0.2, -0.15) is 0 Å². The maximum absolute atomic E-state index is 13.2. The zero-order valence-electron chi connectivity index (χ0n) is 8.33. The quantitative estimate of drug-likeness (QED) is 0.778. The van der Waals surface area contributed by atoms with Gasteiger partial charge in [0.05, 0.1) is 6.61 Å². The summed E-state index contributed by atoms with van der Waals surface area (Å²) in [6.45, 7) is 1.79. The van der Waals surface area contributed by atoms with E-state index in [4.69, 9.17) is 15.4 Å². The van der Waals surface area contributed by atoms with Crippen molar-refractivity contribution in [3.05, 3.63) is 23.3 Å². The largest absolute Gasteiger partial charge is 0.454 e. The van der Waals surface area contributed by atoms with Crippen LogP contribution in [0.5, 0.6) is 11.5 Å². The van der Waals surface area contributed by atoms with Crippen LogP contribution in [0.25, 0.3) is 0 Å². The zero-order valence-corrected chi connectivity index (χ0v) is 8.33. The van der Waals surface area contributed by atoms with E-state index in [-0.39, 0.29) is 13.4 Å². The van der Waals surface area contributed by atoms with E-state index in [1.807, 2.05) is 0 Å². The summed E-state index contributed by atoms with van der Waals surface area (Å²) in [4.78, 5) is 4.53. The molecule has 1 aliphatic rings. The molecule has 1 atom stereocenters. The third-order valence-corrected chi connectivity index (χ3v) is 2.27. The molecule has 2 N–H and O–H groups in total. The van der Waals surface area contributed by atoms with Crippen molar-refractivity contribution >= 4 is 0 Å². The van der Waals surface area contributed by atoms with Gasteiger partial charge in [0.15, 0.2) is 11.5 Å². The molecule has 1 unspecified atom stereocenters. The lowest BCUT2D eigenvalue weighted by Gasteiger charge is -2.08. The fourth-order valence-corrected chi connectivity index (χ4v) is 1.53. The van der Waals surface area contributed by atoms with E-state index in [0.717, 1.165) is 0 Å². The Morgan fingerprint density at radius 3 is 3.00 bits per heavy atom. The van der Waals surface area contributed by atoms with Gasteiger partial charge in [-0.3, -0.25) is 4.84 Å². The van der Waals surface area contributed by atoms with E-state index >= 15 is 0 Å². The molecule has 0 saturated carbocycles. The average molecular weight is 213 g/mol. The molecule has 15 heavy (non-hydrogen) atoms. The topological polar surface area (TPSA) is 53.7 Å². The standard InChI is InChI=1S/C10H12FNO3/c1-6(11)7-2-8(4-15-12)10-9(3-7)13-5-14-10/h2-3,6H,4-5,12H2,1H3. The van der Waals surface area contributed by atoms with Gasteiger partial charge >= 0.3 is 0 Å². The molecule has 0 radical (unpaired) electrons. The van der Waals surface area contributed by atoms with Gasteiger partial charge in [0.25, 0.3) is 0 Å². The van der Waals surface area contributed by atoms with Gasteiger partial charge in [0.1, 0.15) is 6.17 Å². The molecule has 1 aromatic rings. The molecule has 2 rings (SSSR count). The van der Waals surface area contributed by atoms with Crippen molar-refractivity contribution in [2.75, 3.05) is 6.79 Å². The first-order chi connectivity index (χ1) is 7.22. The highest BCUT2D eigenvalue weighted by Gasteiger charge is 2.20. The Morgan fingerprint density at radius 1 is 1.53 bits per heavy atom. The van der Waals surface area contributed by atoms with Crippen molar-refractivity contribution < 1.29 is 18.7 Å². The molecular weight excluding hydrogens is 201 g/mol. The second kappa shape index (κ2) is 4.04. The fraction of sp³-hybridized carbons (Fsp3) is 0.400. The lowest BCUT2D eigenvalue weighted by atomic mass is 10.1. The number of fused-ring (bicyclic) bond motifs is 1. The second-order valence-corrected chi connectivity index (χ2v) is 3.34. The van der Waals surface area contributed by atoms with Crippen LogP contribution in [0.1, 0.15) is 24.2 Å². The number of benzene rings is 1. The Labute approximate surface area is 86.7 Å². The first-order valence-electron chi connectivity index (χ1n) is 4.60. The Kier molecular flexibility index (Phi) is 2.75. The summed E-state index contributed by atoms with van der Waals surface area (Å²) in [6.07, 6.45) is -1.06. The summed E-state index contributed by atoms with van der Waals surface area (Å²) in [5, 5.41) is 0. The summed E-state index contributed by atoms with van der Waals surface area (Å²) in [6, 6.07) is 3.30. The third-order valence-electron chi connectivity index (χ3n) is 2.27. The highest BCUT2D eigenvalue weighted by Crippen LogP contribution is 2.39. The minimum atomic E-state index is -1.06. The van der Waals surface area contributed by atoms with Crippen LogP contribution in [0, 0.1) is 0 Å². The van der Waals surface area contributed by atoms with Gasteiger partial charge in [-0.15, -0.1) is 0 Å². The van der Waals surface area contributed by atoms with E-state index in [2.05, 4.69) is 4.84 Å². The Bertz CT molecular complexity index is 368. The smallest absolute Gasteiger partial charge is 0.231 e. The van der Waals surface area contributed by atoms with Crippen LogP contribution < -0.4 is 15.4 Å². The van der Waals surface area contributed by atoms with Crippen LogP contribution in [0.4, 0.5) is 4.39 Å². The summed E-state index contributed by atoms with van der Waals surface area (Å²) in [7, 11) is 0. The molecule has 0 aliphatic carbocycles. The number of nitrogens with two attached hydrogens (primary N) is 1. The Morgan fingerprint density at radius 2 is 2.33 bits per heavy atom. The van der Waals surface area contributed by atoms with Crippen molar-refractivity contribution in [2.45, 2.75) is 19.7 Å². The maximum atomic E-state index is 13.2. The highest BCUT2D eigenvalue weighted by molar-refractivity contribution is 5.51. The van der Waals surface area contributed by atoms with Crippen LogP contribution >= 0.6 is 0 Å². The number of hydrogen-bond acceptors (Lipinski definition) is 4. The molecule has 0 aromatic heterocycles. The number of alkyl halides is 1. The number of rotatable bonds is 3. The van der Waals surface area contributed by atoms with Crippen molar-refractivity contribution in [1.82, 2.24) is 0 Å². The predicted octanol–water partition coefficient (Wildman–Crippen LogP) is 1.84. The number of halogens is 1. The van der Waals surface area contributed by atoms with Gasteiger partial charge in [0, 0.05) is 5.56 Å². The number of hydrogen-bond donors (Lipinski definition) is 1. The molecule has 82 valence electrons. The highest BCUT2D eigenvalue weighted by atomic mass is 19.1. The third kappa shape index (κ3) is 1.88. The fourth-order valence-electron chi connectivity index (χ4n) is 1.53. The molecule has 5 heteroatoms. The van der Waals surface area contributed by atoms with Gasteiger partial charge in [-0.05, 0) is 24.6 Å². The van der Waals surface area contributed by atoms with E-state index in [1.165, 1.54) is 6.92 Å². The van der Waals surface area contributed by atoms with Gasteiger partial charge in [-0.1, -0.05) is 0 Å². The van der Waals surface area contributed by atoms with Crippen molar-refractivity contribution in [3.8, 4) is 11.5 Å². The van der Waals surface area contributed by atoms with Crippen LogP contribution in [0.15, 0.2) is 12.1 Å². The molecule has 0 amide bonds. The lowest BCUT2D eigenvalue weighted by molar-refractivity contribution is 0.120. The first-order valence-corrected chi connectivity index (χ1v) is 4.60. The first kappa shape index (κ1) is 10.2. The molecule has 4 nitrogen and oxygen atoms in total. The van der Waals surface area contributed by atoms with Crippen LogP contribution in [-0.2, 0) is 11.4 Å². The van der Waals surface area contributed by atoms with Crippen LogP contribution in [0.2, 0.25) is 0 Å². The average Bonchev–Trinajstić information content (AvgIpc) is 2.65. The summed E-state index contributed by atoms with van der Waals surface area (Å²) >= 11 is 0. The second-order valence-electron chi connectivity index (χ2n) is 3.34. The van der Waals surface area contributed by atoms with Crippen LogP contribution in [0.3, 0.4) is 0 Å². The summed E-state index contributed by atoms with van der Waals surface area (Å²) in [5.74, 6) is 6.12. The zero-order chi connectivity index (χ0) is 10.8. The van der Waals surface area contributed by atoms with Crippen molar-refractivity contribution in [1.29, 1.82) is 0 Å². The van der Waals surface area contributed by atoms with Crippen molar-refractivity contribution in [2.24, 2.45) is 5.90 Å². The van der Waals surface area contributed by atoms with Gasteiger partial charge < -0.3 is 9.47 Å². The molecule has 0 fully saturated rings. The van der Waals surface area contributed by atoms with E-state index in [9.17, 15) is 4.39 Å². The van der Waals surface area contributed by atoms with Crippen molar-refractivity contribution in [3.63, 3.8) is 0 Å². The van der Waals surface area contributed by atoms with Gasteiger partial charge in [0.2, 0.25) is 6.79 Å².